The highest BCUT2D eigenvalue weighted by Crippen LogP contribution is 2.25. The number of fused-ring (bicyclic) bond motifs is 1. The van der Waals surface area contributed by atoms with Gasteiger partial charge in [0.05, 0.1) is 17.3 Å². The van der Waals surface area contributed by atoms with Gasteiger partial charge in [0.25, 0.3) is 0 Å². The van der Waals surface area contributed by atoms with E-state index >= 15 is 0 Å². The number of carbonyl (C=O) groups is 1. The van der Waals surface area contributed by atoms with Gasteiger partial charge in [-0.2, -0.15) is 5.10 Å². The van der Waals surface area contributed by atoms with Crippen LogP contribution in [0.15, 0.2) is 79.0 Å². The summed E-state index contributed by atoms with van der Waals surface area (Å²) >= 11 is 0. The molecule has 4 rings (SSSR count). The fourth-order valence-corrected chi connectivity index (χ4v) is 3.53. The van der Waals surface area contributed by atoms with E-state index in [1.165, 1.54) is 0 Å². The number of benzene rings is 3. The zero-order valence-corrected chi connectivity index (χ0v) is 18.6. The summed E-state index contributed by atoms with van der Waals surface area (Å²) in [5.74, 6) is 0.378. The quantitative estimate of drug-likeness (QED) is 0.238. The van der Waals surface area contributed by atoms with Crippen molar-refractivity contribution in [2.45, 2.75) is 13.0 Å². The van der Waals surface area contributed by atoms with E-state index in [0.29, 0.717) is 25.2 Å². The Kier molecular flexibility index (Phi) is 7.56. The minimum absolute atomic E-state index is 0.260. The van der Waals surface area contributed by atoms with Crippen LogP contribution in [0, 0.1) is 6.92 Å². The van der Waals surface area contributed by atoms with E-state index in [2.05, 4.69) is 33.8 Å². The molecule has 1 unspecified atom stereocenters. The third-order valence-corrected chi connectivity index (χ3v) is 5.27. The molecule has 1 aromatic heterocycles. The number of ether oxygens (including phenoxy) is 2. The second kappa shape index (κ2) is 11.2. The number of para-hydroxylation sites is 1. The van der Waals surface area contributed by atoms with Crippen LogP contribution in [0.5, 0.6) is 5.75 Å². The van der Waals surface area contributed by atoms with Crippen LogP contribution in [0.1, 0.15) is 15.9 Å². The molecule has 0 saturated heterocycles. The molecular weight excluding hydrogens is 416 g/mol. The van der Waals surface area contributed by atoms with Gasteiger partial charge in [0.2, 0.25) is 0 Å². The molecule has 4 aromatic rings. The molecule has 0 spiro atoms. The van der Waals surface area contributed by atoms with Crippen LogP contribution in [0.3, 0.4) is 0 Å². The first-order chi connectivity index (χ1) is 16.2. The van der Waals surface area contributed by atoms with Crippen molar-refractivity contribution in [2.24, 2.45) is 0 Å². The molecule has 0 bridgehead atoms. The number of nitrogens with one attached hydrogen (secondary N) is 3. The lowest BCUT2D eigenvalue weighted by molar-refractivity contribution is 0.0179. The van der Waals surface area contributed by atoms with Crippen LogP contribution in [0.4, 0.5) is 5.69 Å². The summed E-state index contributed by atoms with van der Waals surface area (Å²) in [6.45, 7) is 4.21. The SMILES string of the molecule is Cc1ccc2[nH]ncc2c1NCCNCC(COc1ccccc1)OC(=O)c1ccccc1. The zero-order chi connectivity index (χ0) is 22.9. The van der Waals surface area contributed by atoms with Crippen LogP contribution in [-0.4, -0.2) is 48.5 Å². The molecule has 1 heterocycles. The van der Waals surface area contributed by atoms with E-state index in [1.807, 2.05) is 60.8 Å². The van der Waals surface area contributed by atoms with E-state index in [1.54, 1.807) is 12.1 Å². The van der Waals surface area contributed by atoms with Crippen LogP contribution < -0.4 is 15.4 Å². The number of aryl methyl sites for hydroxylation is 1. The Bertz CT molecular complexity index is 1160. The lowest BCUT2D eigenvalue weighted by Crippen LogP contribution is -2.37. The van der Waals surface area contributed by atoms with Gasteiger partial charge in [0.1, 0.15) is 18.5 Å². The number of hydrogen-bond acceptors (Lipinski definition) is 6. The summed E-state index contributed by atoms with van der Waals surface area (Å²) < 4.78 is 11.6. The van der Waals surface area contributed by atoms with Crippen molar-refractivity contribution in [3.63, 3.8) is 0 Å². The maximum atomic E-state index is 12.5. The minimum atomic E-state index is -0.433. The highest BCUT2D eigenvalue weighted by atomic mass is 16.6. The second-order valence-corrected chi connectivity index (χ2v) is 7.74. The topological polar surface area (TPSA) is 88.3 Å². The smallest absolute Gasteiger partial charge is 0.338 e. The van der Waals surface area contributed by atoms with Gasteiger partial charge in [0.15, 0.2) is 0 Å². The number of anilines is 1. The third kappa shape index (κ3) is 6.11. The summed E-state index contributed by atoms with van der Waals surface area (Å²) in [5, 5.41) is 15.0. The Hall–Kier alpha value is -3.84. The molecule has 0 amide bonds. The zero-order valence-electron chi connectivity index (χ0n) is 18.6. The average molecular weight is 445 g/mol. The summed E-state index contributed by atoms with van der Waals surface area (Å²) in [6.07, 6.45) is 1.40. The minimum Gasteiger partial charge on any atom is -0.490 e. The molecular formula is C26H28N4O3. The van der Waals surface area contributed by atoms with Gasteiger partial charge in [-0.25, -0.2) is 4.79 Å². The van der Waals surface area contributed by atoms with Crippen molar-refractivity contribution in [1.82, 2.24) is 15.5 Å². The summed E-state index contributed by atoms with van der Waals surface area (Å²) in [7, 11) is 0. The van der Waals surface area contributed by atoms with Gasteiger partial charge in [-0.15, -0.1) is 0 Å². The number of aromatic amines is 1. The predicted molar refractivity (Wildman–Crippen MR) is 130 cm³/mol. The standard InChI is InChI=1S/C26H28N4O3/c1-19-12-13-24-23(17-29-30-24)25(19)28-15-14-27-16-22(18-32-21-10-6-3-7-11-21)33-26(31)20-8-4-2-5-9-20/h2-13,17,22,27-28H,14-16,18H2,1H3,(H,29,30). The van der Waals surface area contributed by atoms with Gasteiger partial charge in [-0.05, 0) is 42.8 Å². The molecule has 7 nitrogen and oxygen atoms in total. The van der Waals surface area contributed by atoms with E-state index in [9.17, 15) is 4.79 Å². The molecule has 0 saturated carbocycles. The maximum Gasteiger partial charge on any atom is 0.338 e. The Morgan fingerprint density at radius 3 is 2.55 bits per heavy atom. The second-order valence-electron chi connectivity index (χ2n) is 7.74. The molecule has 7 heteroatoms. The lowest BCUT2D eigenvalue weighted by atomic mass is 10.1. The van der Waals surface area contributed by atoms with Gasteiger partial charge < -0.3 is 20.1 Å². The number of esters is 1. The first kappa shape index (κ1) is 22.4. The van der Waals surface area contributed by atoms with Crippen molar-refractivity contribution in [1.29, 1.82) is 0 Å². The number of rotatable bonds is 11. The van der Waals surface area contributed by atoms with Gasteiger partial charge >= 0.3 is 5.97 Å². The van der Waals surface area contributed by atoms with E-state index < -0.39 is 6.10 Å². The number of H-pyrrole nitrogens is 1. The first-order valence-electron chi connectivity index (χ1n) is 11.0. The van der Waals surface area contributed by atoms with Crippen molar-refractivity contribution in [3.05, 3.63) is 90.1 Å². The molecule has 0 radical (unpaired) electrons. The van der Waals surface area contributed by atoms with Gasteiger partial charge in [0, 0.05) is 30.7 Å². The fraction of sp³-hybridized carbons (Fsp3) is 0.231. The number of nitrogens with zero attached hydrogens (tertiary/aromatic N) is 1. The molecule has 33 heavy (non-hydrogen) atoms. The largest absolute Gasteiger partial charge is 0.490 e. The van der Waals surface area contributed by atoms with Gasteiger partial charge in [-0.3, -0.25) is 5.10 Å². The Balaban J connectivity index is 1.30. The van der Waals surface area contributed by atoms with Gasteiger partial charge in [-0.1, -0.05) is 42.5 Å². The predicted octanol–water partition coefficient (Wildman–Crippen LogP) is 4.18. The molecule has 0 aliphatic heterocycles. The molecule has 1 atom stereocenters. The Morgan fingerprint density at radius 2 is 1.76 bits per heavy atom. The molecule has 0 aliphatic rings. The van der Waals surface area contributed by atoms with Crippen LogP contribution in [0.25, 0.3) is 10.9 Å². The fourth-order valence-electron chi connectivity index (χ4n) is 3.53. The number of hydrogen-bond donors (Lipinski definition) is 3. The first-order valence-corrected chi connectivity index (χ1v) is 11.0. The lowest BCUT2D eigenvalue weighted by Gasteiger charge is -2.20. The highest BCUT2D eigenvalue weighted by molar-refractivity contribution is 5.92. The Morgan fingerprint density at radius 1 is 1.00 bits per heavy atom. The normalized spacial score (nSPS) is 11.8. The Labute approximate surface area is 193 Å². The van der Waals surface area contributed by atoms with Crippen molar-refractivity contribution in [2.75, 3.05) is 31.6 Å². The molecule has 3 aromatic carbocycles. The van der Waals surface area contributed by atoms with E-state index in [-0.39, 0.29) is 12.6 Å². The van der Waals surface area contributed by atoms with E-state index in [4.69, 9.17) is 9.47 Å². The number of carbonyl (C=O) groups excluding carboxylic acids is 1. The summed E-state index contributed by atoms with van der Waals surface area (Å²) in [6, 6.07) is 22.6. The maximum absolute atomic E-state index is 12.5. The molecule has 0 aliphatic carbocycles. The highest BCUT2D eigenvalue weighted by Gasteiger charge is 2.17. The van der Waals surface area contributed by atoms with Crippen LogP contribution in [-0.2, 0) is 4.74 Å². The van der Waals surface area contributed by atoms with Crippen LogP contribution >= 0.6 is 0 Å². The van der Waals surface area contributed by atoms with Crippen molar-refractivity contribution >= 4 is 22.6 Å². The molecule has 0 fully saturated rings. The third-order valence-electron chi connectivity index (χ3n) is 5.27. The number of aromatic nitrogens is 2. The van der Waals surface area contributed by atoms with E-state index in [0.717, 1.165) is 27.9 Å². The average Bonchev–Trinajstić information content (AvgIpc) is 3.33. The van der Waals surface area contributed by atoms with Crippen molar-refractivity contribution in [3.8, 4) is 5.75 Å². The van der Waals surface area contributed by atoms with Crippen LogP contribution in [0.2, 0.25) is 0 Å². The van der Waals surface area contributed by atoms with Crippen molar-refractivity contribution < 1.29 is 14.3 Å². The summed E-state index contributed by atoms with van der Waals surface area (Å²) in [5.41, 5.74) is 3.76. The monoisotopic (exact) mass is 444 g/mol. The molecule has 170 valence electrons. The molecule has 3 N–H and O–H groups in total. The summed E-state index contributed by atoms with van der Waals surface area (Å²) in [4.78, 5) is 12.5.